The maximum absolute atomic E-state index is 5.89. The van der Waals surface area contributed by atoms with Gasteiger partial charge < -0.3 is 10.3 Å². The summed E-state index contributed by atoms with van der Waals surface area (Å²) in [6.07, 6.45) is 6.56. The van der Waals surface area contributed by atoms with Gasteiger partial charge in [-0.3, -0.25) is 4.68 Å². The Bertz CT molecular complexity index is 472. The quantitative estimate of drug-likeness (QED) is 0.833. The molecule has 2 aromatic heterocycles. The first-order chi connectivity index (χ1) is 8.20. The molecule has 2 aromatic rings. The lowest BCUT2D eigenvalue weighted by atomic mass is 10.2. The van der Waals surface area contributed by atoms with E-state index in [4.69, 9.17) is 5.73 Å². The van der Waals surface area contributed by atoms with E-state index in [1.165, 1.54) is 0 Å². The van der Waals surface area contributed by atoms with E-state index in [0.29, 0.717) is 0 Å². The average molecular weight is 234 g/mol. The molecular weight excluding hydrogens is 216 g/mol. The molecule has 2 N–H and O–H groups in total. The lowest BCUT2D eigenvalue weighted by Crippen LogP contribution is -2.09. The minimum atomic E-state index is -0.0151. The predicted molar refractivity (Wildman–Crippen MR) is 64.2 cm³/mol. The normalized spacial score (nSPS) is 12.9. The monoisotopic (exact) mass is 234 g/mol. The molecule has 0 saturated heterocycles. The molecule has 0 fully saturated rings. The molecule has 6 nitrogen and oxygen atoms in total. The van der Waals surface area contributed by atoms with Crippen molar-refractivity contribution in [2.24, 2.45) is 5.73 Å². The maximum Gasteiger partial charge on any atom is 0.105 e. The minimum Gasteiger partial charge on any atom is -0.333 e. The topological polar surface area (TPSA) is 74.5 Å². The molecule has 0 aromatic carbocycles. The molecule has 0 saturated carbocycles. The van der Waals surface area contributed by atoms with Crippen molar-refractivity contribution in [2.45, 2.75) is 39.4 Å². The van der Waals surface area contributed by atoms with Gasteiger partial charge in [-0.25, -0.2) is 4.98 Å². The molecule has 6 heteroatoms. The fourth-order valence-corrected chi connectivity index (χ4v) is 1.65. The number of aromatic nitrogens is 5. The molecule has 0 aliphatic heterocycles. The molecule has 92 valence electrons. The largest absolute Gasteiger partial charge is 0.333 e. The van der Waals surface area contributed by atoms with Crippen molar-refractivity contribution in [3.63, 3.8) is 0 Å². The third kappa shape index (κ3) is 2.71. The van der Waals surface area contributed by atoms with E-state index in [1.807, 2.05) is 30.9 Å². The van der Waals surface area contributed by atoms with Gasteiger partial charge in [-0.15, -0.1) is 5.10 Å². The van der Waals surface area contributed by atoms with Crippen LogP contribution in [-0.4, -0.2) is 24.5 Å². The zero-order chi connectivity index (χ0) is 12.3. The van der Waals surface area contributed by atoms with Crippen LogP contribution in [0.2, 0.25) is 0 Å². The second-order valence-corrected chi connectivity index (χ2v) is 4.09. The summed E-state index contributed by atoms with van der Waals surface area (Å²) in [5.74, 6) is 1.01. The second-order valence-electron chi connectivity index (χ2n) is 4.09. The zero-order valence-corrected chi connectivity index (χ0v) is 10.2. The van der Waals surface area contributed by atoms with Crippen LogP contribution < -0.4 is 5.73 Å². The smallest absolute Gasteiger partial charge is 0.105 e. The third-order valence-corrected chi connectivity index (χ3v) is 2.87. The molecule has 0 aliphatic carbocycles. The molecule has 1 unspecified atom stereocenters. The summed E-state index contributed by atoms with van der Waals surface area (Å²) in [5.41, 5.74) is 6.75. The van der Waals surface area contributed by atoms with Crippen LogP contribution in [-0.2, 0) is 13.1 Å². The highest BCUT2D eigenvalue weighted by Gasteiger charge is 2.08. The molecule has 2 rings (SSSR count). The van der Waals surface area contributed by atoms with Crippen molar-refractivity contribution in [3.05, 3.63) is 30.1 Å². The van der Waals surface area contributed by atoms with E-state index in [-0.39, 0.29) is 6.04 Å². The SMILES string of the molecule is CCC(N)c1cn(CCn2ccnc2C)nn1. The molecule has 0 radical (unpaired) electrons. The van der Waals surface area contributed by atoms with Gasteiger partial charge >= 0.3 is 0 Å². The van der Waals surface area contributed by atoms with Gasteiger partial charge in [0.1, 0.15) is 5.82 Å². The first-order valence-electron chi connectivity index (χ1n) is 5.84. The van der Waals surface area contributed by atoms with E-state index in [1.54, 1.807) is 6.20 Å². The number of imidazole rings is 1. The Morgan fingerprint density at radius 3 is 2.88 bits per heavy atom. The van der Waals surface area contributed by atoms with Crippen LogP contribution in [0.25, 0.3) is 0 Å². The molecule has 0 aliphatic rings. The fraction of sp³-hybridized carbons (Fsp3) is 0.545. The van der Waals surface area contributed by atoms with Crippen molar-refractivity contribution >= 4 is 0 Å². The Labute approximate surface area is 100 Å². The van der Waals surface area contributed by atoms with Crippen LogP contribution in [0.15, 0.2) is 18.6 Å². The third-order valence-electron chi connectivity index (χ3n) is 2.87. The van der Waals surface area contributed by atoms with Crippen LogP contribution in [0.5, 0.6) is 0 Å². The van der Waals surface area contributed by atoms with Crippen LogP contribution >= 0.6 is 0 Å². The molecule has 0 spiro atoms. The Kier molecular flexibility index (Phi) is 3.53. The highest BCUT2D eigenvalue weighted by atomic mass is 15.4. The standard InChI is InChI=1S/C11H18N6/c1-3-10(12)11-8-17(15-14-11)7-6-16-5-4-13-9(16)2/h4-5,8,10H,3,6-7,12H2,1-2H3. The summed E-state index contributed by atoms with van der Waals surface area (Å²) in [6.45, 7) is 5.65. The van der Waals surface area contributed by atoms with Crippen molar-refractivity contribution in [3.8, 4) is 0 Å². The number of aryl methyl sites for hydroxylation is 3. The molecule has 0 bridgehead atoms. The van der Waals surface area contributed by atoms with Crippen LogP contribution in [0, 0.1) is 6.92 Å². The van der Waals surface area contributed by atoms with Gasteiger partial charge in [0.15, 0.2) is 0 Å². The van der Waals surface area contributed by atoms with E-state index in [9.17, 15) is 0 Å². The highest BCUT2D eigenvalue weighted by Crippen LogP contribution is 2.09. The van der Waals surface area contributed by atoms with Gasteiger partial charge in [-0.05, 0) is 13.3 Å². The Morgan fingerprint density at radius 2 is 2.24 bits per heavy atom. The number of rotatable bonds is 5. The van der Waals surface area contributed by atoms with Crippen LogP contribution in [0.3, 0.4) is 0 Å². The second kappa shape index (κ2) is 5.09. The van der Waals surface area contributed by atoms with Gasteiger partial charge in [0.2, 0.25) is 0 Å². The van der Waals surface area contributed by atoms with Gasteiger partial charge in [-0.1, -0.05) is 12.1 Å². The molecular formula is C11H18N6. The lowest BCUT2D eigenvalue weighted by molar-refractivity contribution is 0.513. The maximum atomic E-state index is 5.89. The highest BCUT2D eigenvalue weighted by molar-refractivity contribution is 4.98. The van der Waals surface area contributed by atoms with Gasteiger partial charge in [0, 0.05) is 18.9 Å². The Morgan fingerprint density at radius 1 is 1.41 bits per heavy atom. The van der Waals surface area contributed by atoms with Crippen LogP contribution in [0.4, 0.5) is 0 Å². The van der Waals surface area contributed by atoms with Gasteiger partial charge in [0.05, 0.1) is 24.5 Å². The number of hydrogen-bond donors (Lipinski definition) is 1. The molecule has 17 heavy (non-hydrogen) atoms. The summed E-state index contributed by atoms with van der Waals surface area (Å²) in [5, 5.41) is 8.14. The summed E-state index contributed by atoms with van der Waals surface area (Å²) in [7, 11) is 0. The van der Waals surface area contributed by atoms with Crippen molar-refractivity contribution in [2.75, 3.05) is 0 Å². The predicted octanol–water partition coefficient (Wildman–Crippen LogP) is 0.893. The summed E-state index contributed by atoms with van der Waals surface area (Å²) in [4.78, 5) is 4.17. The van der Waals surface area contributed by atoms with Crippen molar-refractivity contribution in [1.82, 2.24) is 24.5 Å². The lowest BCUT2D eigenvalue weighted by Gasteiger charge is -2.04. The summed E-state index contributed by atoms with van der Waals surface area (Å²) >= 11 is 0. The summed E-state index contributed by atoms with van der Waals surface area (Å²) < 4.78 is 3.91. The molecule has 0 amide bonds. The first kappa shape index (κ1) is 11.8. The zero-order valence-electron chi connectivity index (χ0n) is 10.2. The van der Waals surface area contributed by atoms with Crippen LogP contribution in [0.1, 0.15) is 30.9 Å². The summed E-state index contributed by atoms with van der Waals surface area (Å²) in [6, 6.07) is -0.0151. The number of nitrogens with two attached hydrogens (primary N) is 1. The fourth-order valence-electron chi connectivity index (χ4n) is 1.65. The molecule has 1 atom stereocenters. The Balaban J connectivity index is 1.96. The first-order valence-corrected chi connectivity index (χ1v) is 5.84. The van der Waals surface area contributed by atoms with Crippen molar-refractivity contribution in [1.29, 1.82) is 0 Å². The van der Waals surface area contributed by atoms with E-state index >= 15 is 0 Å². The number of nitrogens with zero attached hydrogens (tertiary/aromatic N) is 5. The minimum absolute atomic E-state index is 0.0151. The number of hydrogen-bond acceptors (Lipinski definition) is 4. The van der Waals surface area contributed by atoms with E-state index in [0.717, 1.165) is 31.0 Å². The van der Waals surface area contributed by atoms with Gasteiger partial charge in [0.25, 0.3) is 0 Å². The molecule has 2 heterocycles. The van der Waals surface area contributed by atoms with Crippen molar-refractivity contribution < 1.29 is 0 Å². The van der Waals surface area contributed by atoms with E-state index < -0.39 is 0 Å². The van der Waals surface area contributed by atoms with E-state index in [2.05, 4.69) is 19.9 Å². The Hall–Kier alpha value is -1.69. The van der Waals surface area contributed by atoms with Gasteiger partial charge in [-0.2, -0.15) is 0 Å². The average Bonchev–Trinajstić information content (AvgIpc) is 2.94.